The maximum atomic E-state index is 12.5. The molecule has 0 bridgehead atoms. The first-order valence-corrected chi connectivity index (χ1v) is 7.79. The lowest BCUT2D eigenvalue weighted by atomic mass is 9.84. The Hall–Kier alpha value is -1.30. The molecule has 0 saturated carbocycles. The van der Waals surface area contributed by atoms with Crippen LogP contribution in [0.4, 0.5) is 4.79 Å². The van der Waals surface area contributed by atoms with E-state index >= 15 is 0 Å². The smallest absolute Gasteiger partial charge is 0.319 e. The highest BCUT2D eigenvalue weighted by Crippen LogP contribution is 2.34. The molecule has 0 aromatic heterocycles. The van der Waals surface area contributed by atoms with Crippen LogP contribution in [0.2, 0.25) is 0 Å². The van der Waals surface area contributed by atoms with E-state index in [1.54, 1.807) is 16.8 Å². The minimum Gasteiger partial charge on any atom is -0.481 e. The molecule has 2 amide bonds. The number of rotatable bonds is 4. The van der Waals surface area contributed by atoms with Crippen LogP contribution in [0.1, 0.15) is 32.6 Å². The Balaban J connectivity index is 1.89. The normalized spacial score (nSPS) is 29.4. The number of aliphatic carboxylic acids is 1. The molecule has 2 aliphatic heterocycles. The van der Waals surface area contributed by atoms with Crippen LogP contribution in [0.25, 0.3) is 0 Å². The van der Waals surface area contributed by atoms with Crippen LogP contribution in [-0.4, -0.2) is 66.8 Å². The number of urea groups is 1. The monoisotopic (exact) mass is 298 g/mol. The summed E-state index contributed by atoms with van der Waals surface area (Å²) < 4.78 is 5.44. The predicted octanol–water partition coefficient (Wildman–Crippen LogP) is 1.65. The molecular weight excluding hydrogens is 272 g/mol. The molecule has 120 valence electrons. The summed E-state index contributed by atoms with van der Waals surface area (Å²) in [5.41, 5.74) is -0.759. The standard InChI is InChI=1S/C15H26N2O4/c1-3-15(13(18)19)6-7-17(11-15)14(20)16(2)9-12-5-4-8-21-10-12/h12H,3-11H2,1-2H3,(H,18,19). The van der Waals surface area contributed by atoms with Gasteiger partial charge in [-0.1, -0.05) is 6.92 Å². The summed E-state index contributed by atoms with van der Waals surface area (Å²) in [6.45, 7) is 4.95. The average Bonchev–Trinajstić information content (AvgIpc) is 2.93. The number of hydrogen-bond acceptors (Lipinski definition) is 3. The van der Waals surface area contributed by atoms with E-state index in [0.29, 0.717) is 45.0 Å². The van der Waals surface area contributed by atoms with Crippen LogP contribution < -0.4 is 0 Å². The van der Waals surface area contributed by atoms with Crippen molar-refractivity contribution < 1.29 is 19.4 Å². The topological polar surface area (TPSA) is 70.1 Å². The van der Waals surface area contributed by atoms with Gasteiger partial charge in [0.15, 0.2) is 0 Å². The molecule has 2 saturated heterocycles. The fourth-order valence-electron chi connectivity index (χ4n) is 3.31. The molecule has 0 aromatic rings. The molecule has 1 N–H and O–H groups in total. The summed E-state index contributed by atoms with van der Waals surface area (Å²) in [5, 5.41) is 9.39. The number of nitrogens with zero attached hydrogens (tertiary/aromatic N) is 2. The van der Waals surface area contributed by atoms with Crippen molar-refractivity contribution in [3.8, 4) is 0 Å². The zero-order chi connectivity index (χ0) is 15.5. The summed E-state index contributed by atoms with van der Waals surface area (Å²) >= 11 is 0. The van der Waals surface area contributed by atoms with Gasteiger partial charge in [0.1, 0.15) is 0 Å². The highest BCUT2D eigenvalue weighted by Gasteiger charge is 2.45. The van der Waals surface area contributed by atoms with Gasteiger partial charge in [0.25, 0.3) is 0 Å². The van der Waals surface area contributed by atoms with E-state index in [0.717, 1.165) is 19.4 Å². The van der Waals surface area contributed by atoms with E-state index in [2.05, 4.69) is 0 Å². The van der Waals surface area contributed by atoms with Gasteiger partial charge in [-0.25, -0.2) is 4.79 Å². The van der Waals surface area contributed by atoms with Gasteiger partial charge in [0.05, 0.1) is 12.0 Å². The second kappa shape index (κ2) is 6.64. The molecular formula is C15H26N2O4. The summed E-state index contributed by atoms with van der Waals surface area (Å²) in [4.78, 5) is 27.3. The van der Waals surface area contributed by atoms with Gasteiger partial charge in [-0.3, -0.25) is 4.79 Å². The van der Waals surface area contributed by atoms with Crippen LogP contribution in [0.5, 0.6) is 0 Å². The van der Waals surface area contributed by atoms with Crippen LogP contribution in [0.3, 0.4) is 0 Å². The third kappa shape index (κ3) is 3.48. The first-order chi connectivity index (χ1) is 9.98. The molecule has 6 heteroatoms. The minimum atomic E-state index is -0.788. The molecule has 2 rings (SSSR count). The fraction of sp³-hybridized carbons (Fsp3) is 0.867. The van der Waals surface area contributed by atoms with Gasteiger partial charge in [-0.2, -0.15) is 0 Å². The van der Waals surface area contributed by atoms with Crippen molar-refractivity contribution >= 4 is 12.0 Å². The molecule has 2 heterocycles. The number of carboxylic acids is 1. The van der Waals surface area contributed by atoms with Crippen molar-refractivity contribution in [2.45, 2.75) is 32.6 Å². The highest BCUT2D eigenvalue weighted by molar-refractivity contribution is 5.79. The molecule has 0 spiro atoms. The Morgan fingerprint density at radius 1 is 1.48 bits per heavy atom. The fourth-order valence-corrected chi connectivity index (χ4v) is 3.31. The quantitative estimate of drug-likeness (QED) is 0.857. The molecule has 6 nitrogen and oxygen atoms in total. The van der Waals surface area contributed by atoms with Crippen molar-refractivity contribution in [3.05, 3.63) is 0 Å². The number of carbonyl (C=O) groups excluding carboxylic acids is 1. The van der Waals surface area contributed by atoms with Crippen LogP contribution in [-0.2, 0) is 9.53 Å². The Morgan fingerprint density at radius 3 is 2.76 bits per heavy atom. The lowest BCUT2D eigenvalue weighted by Gasteiger charge is -2.30. The summed E-state index contributed by atoms with van der Waals surface area (Å²) in [6, 6.07) is -0.0582. The molecule has 2 unspecified atom stereocenters. The second-order valence-electron chi connectivity index (χ2n) is 6.36. The molecule has 2 fully saturated rings. The van der Waals surface area contributed by atoms with E-state index in [4.69, 9.17) is 4.74 Å². The van der Waals surface area contributed by atoms with Crippen molar-refractivity contribution in [1.82, 2.24) is 9.80 Å². The maximum Gasteiger partial charge on any atom is 0.319 e. The molecule has 0 aliphatic carbocycles. The van der Waals surface area contributed by atoms with Gasteiger partial charge in [-0.05, 0) is 25.7 Å². The number of likely N-dealkylation sites (tertiary alicyclic amines) is 1. The minimum absolute atomic E-state index is 0.0582. The van der Waals surface area contributed by atoms with Crippen molar-refractivity contribution in [2.75, 3.05) is 39.9 Å². The number of carbonyl (C=O) groups is 2. The molecule has 2 atom stereocenters. The zero-order valence-electron chi connectivity index (χ0n) is 13.0. The van der Waals surface area contributed by atoms with E-state index in [-0.39, 0.29) is 6.03 Å². The predicted molar refractivity (Wildman–Crippen MR) is 78.1 cm³/mol. The van der Waals surface area contributed by atoms with E-state index < -0.39 is 11.4 Å². The van der Waals surface area contributed by atoms with E-state index in [9.17, 15) is 14.7 Å². The Labute approximate surface area is 126 Å². The zero-order valence-corrected chi connectivity index (χ0v) is 13.0. The van der Waals surface area contributed by atoms with Gasteiger partial charge in [0, 0.05) is 39.2 Å². The molecule has 0 radical (unpaired) electrons. The van der Waals surface area contributed by atoms with Crippen LogP contribution in [0.15, 0.2) is 0 Å². The first kappa shape index (κ1) is 16.1. The lowest BCUT2D eigenvalue weighted by molar-refractivity contribution is -0.148. The largest absolute Gasteiger partial charge is 0.481 e. The lowest BCUT2D eigenvalue weighted by Crippen LogP contribution is -2.44. The maximum absolute atomic E-state index is 12.5. The third-order valence-electron chi connectivity index (χ3n) is 4.87. The van der Waals surface area contributed by atoms with E-state index in [1.807, 2.05) is 6.92 Å². The number of hydrogen-bond donors (Lipinski definition) is 1. The van der Waals surface area contributed by atoms with Crippen molar-refractivity contribution in [2.24, 2.45) is 11.3 Å². The Morgan fingerprint density at radius 2 is 2.24 bits per heavy atom. The number of ether oxygens (including phenoxy) is 1. The highest BCUT2D eigenvalue weighted by atomic mass is 16.5. The van der Waals surface area contributed by atoms with Gasteiger partial charge in [-0.15, -0.1) is 0 Å². The molecule has 21 heavy (non-hydrogen) atoms. The van der Waals surface area contributed by atoms with Crippen molar-refractivity contribution in [1.29, 1.82) is 0 Å². The SMILES string of the molecule is CCC1(C(=O)O)CCN(C(=O)N(C)CC2CCCOC2)C1. The Bertz CT molecular complexity index is 395. The van der Waals surface area contributed by atoms with Gasteiger partial charge >= 0.3 is 12.0 Å². The van der Waals surface area contributed by atoms with Crippen molar-refractivity contribution in [3.63, 3.8) is 0 Å². The molecule has 0 aromatic carbocycles. The third-order valence-corrected chi connectivity index (χ3v) is 4.87. The molecule has 2 aliphatic rings. The number of carboxylic acid groups (broad SMARTS) is 1. The average molecular weight is 298 g/mol. The Kier molecular flexibility index (Phi) is 5.08. The summed E-state index contributed by atoms with van der Waals surface area (Å²) in [6.07, 6.45) is 3.25. The summed E-state index contributed by atoms with van der Waals surface area (Å²) in [5.74, 6) is -0.394. The van der Waals surface area contributed by atoms with Gasteiger partial charge < -0.3 is 19.6 Å². The van der Waals surface area contributed by atoms with E-state index in [1.165, 1.54) is 0 Å². The first-order valence-electron chi connectivity index (χ1n) is 7.79. The van der Waals surface area contributed by atoms with Crippen LogP contribution >= 0.6 is 0 Å². The number of amides is 2. The van der Waals surface area contributed by atoms with Gasteiger partial charge in [0.2, 0.25) is 0 Å². The second-order valence-corrected chi connectivity index (χ2v) is 6.36. The summed E-state index contributed by atoms with van der Waals surface area (Å²) in [7, 11) is 1.80. The van der Waals surface area contributed by atoms with Crippen LogP contribution in [0, 0.1) is 11.3 Å².